The molecule has 1 aliphatic heterocycles. The fraction of sp³-hybridized carbons (Fsp3) is 0.429. The topological polar surface area (TPSA) is 46.6 Å². The number of benzene rings is 1. The van der Waals surface area contributed by atoms with Crippen LogP contribution in [0.25, 0.3) is 0 Å². The minimum absolute atomic E-state index is 0.0276. The smallest absolute Gasteiger partial charge is 0.311 e. The highest BCUT2D eigenvalue weighted by Gasteiger charge is 2.36. The molecule has 1 aromatic rings. The van der Waals surface area contributed by atoms with Crippen LogP contribution in [0, 0.1) is 19.8 Å². The van der Waals surface area contributed by atoms with E-state index in [0.717, 1.165) is 21.3 Å². The summed E-state index contributed by atoms with van der Waals surface area (Å²) in [4.78, 5) is 25.3. The molecular weight excluding hydrogens is 310 g/mol. The molecular formula is C14H16BrNO3. The molecule has 1 amide bonds. The van der Waals surface area contributed by atoms with Gasteiger partial charge in [0.25, 0.3) is 0 Å². The number of amides is 1. The molecule has 5 heteroatoms. The fourth-order valence-electron chi connectivity index (χ4n) is 2.33. The summed E-state index contributed by atoms with van der Waals surface area (Å²) in [6, 6.07) is 3.83. The summed E-state index contributed by atoms with van der Waals surface area (Å²) in [5.74, 6) is -0.705. The third-order valence-corrected chi connectivity index (χ3v) is 4.50. The van der Waals surface area contributed by atoms with Gasteiger partial charge in [-0.05, 0) is 37.1 Å². The van der Waals surface area contributed by atoms with Crippen LogP contribution >= 0.6 is 15.9 Å². The zero-order chi connectivity index (χ0) is 14.2. The number of esters is 1. The van der Waals surface area contributed by atoms with E-state index in [1.165, 1.54) is 7.11 Å². The molecule has 0 aromatic heterocycles. The predicted molar refractivity (Wildman–Crippen MR) is 76.1 cm³/mol. The van der Waals surface area contributed by atoms with E-state index in [1.54, 1.807) is 4.90 Å². The van der Waals surface area contributed by atoms with Gasteiger partial charge in [0.1, 0.15) is 0 Å². The van der Waals surface area contributed by atoms with E-state index in [4.69, 9.17) is 4.74 Å². The molecule has 0 radical (unpaired) electrons. The molecule has 1 aromatic carbocycles. The van der Waals surface area contributed by atoms with Gasteiger partial charge in [0.05, 0.1) is 13.0 Å². The second kappa shape index (κ2) is 5.33. The first-order chi connectivity index (χ1) is 8.95. The summed E-state index contributed by atoms with van der Waals surface area (Å²) in [5.41, 5.74) is 3.03. The Bertz CT molecular complexity index is 542. The maximum absolute atomic E-state index is 12.1. The number of hydrogen-bond donors (Lipinski definition) is 0. The fourth-order valence-corrected chi connectivity index (χ4v) is 2.76. The Morgan fingerprint density at radius 2 is 2.05 bits per heavy atom. The van der Waals surface area contributed by atoms with E-state index in [-0.39, 0.29) is 24.2 Å². The number of anilines is 1. The molecule has 1 aliphatic rings. The first-order valence-corrected chi connectivity index (χ1v) is 6.89. The van der Waals surface area contributed by atoms with Crippen LogP contribution in [0.15, 0.2) is 16.6 Å². The first-order valence-electron chi connectivity index (χ1n) is 6.09. The third kappa shape index (κ3) is 2.52. The minimum Gasteiger partial charge on any atom is -0.469 e. The van der Waals surface area contributed by atoms with Crippen molar-refractivity contribution in [1.29, 1.82) is 0 Å². The number of nitrogens with zero attached hydrogens (tertiary/aromatic N) is 1. The van der Waals surface area contributed by atoms with Crippen LogP contribution in [0.4, 0.5) is 5.69 Å². The van der Waals surface area contributed by atoms with Crippen molar-refractivity contribution in [2.75, 3.05) is 18.6 Å². The highest BCUT2D eigenvalue weighted by molar-refractivity contribution is 9.10. The largest absolute Gasteiger partial charge is 0.469 e. The van der Waals surface area contributed by atoms with E-state index in [1.807, 2.05) is 26.0 Å². The van der Waals surface area contributed by atoms with Crippen LogP contribution in [-0.2, 0) is 14.3 Å². The molecule has 1 atom stereocenters. The van der Waals surface area contributed by atoms with Crippen molar-refractivity contribution in [3.63, 3.8) is 0 Å². The van der Waals surface area contributed by atoms with Crippen LogP contribution in [0.1, 0.15) is 17.5 Å². The summed E-state index contributed by atoms with van der Waals surface area (Å²) >= 11 is 3.47. The number of carbonyl (C=O) groups is 2. The molecule has 1 unspecified atom stereocenters. The van der Waals surface area contributed by atoms with Gasteiger partial charge in [-0.25, -0.2) is 0 Å². The van der Waals surface area contributed by atoms with Gasteiger partial charge < -0.3 is 9.64 Å². The summed E-state index contributed by atoms with van der Waals surface area (Å²) < 4.78 is 5.73. The van der Waals surface area contributed by atoms with Crippen molar-refractivity contribution in [2.45, 2.75) is 20.3 Å². The maximum Gasteiger partial charge on any atom is 0.311 e. The summed E-state index contributed by atoms with van der Waals surface area (Å²) in [5, 5.41) is 0. The second-order valence-corrected chi connectivity index (χ2v) is 5.60. The van der Waals surface area contributed by atoms with Crippen LogP contribution < -0.4 is 4.90 Å². The third-order valence-electron chi connectivity index (χ3n) is 3.64. The van der Waals surface area contributed by atoms with Crippen molar-refractivity contribution in [2.24, 2.45) is 5.92 Å². The van der Waals surface area contributed by atoms with E-state index in [2.05, 4.69) is 15.9 Å². The van der Waals surface area contributed by atoms with Gasteiger partial charge >= 0.3 is 5.97 Å². The molecule has 1 saturated heterocycles. The molecule has 2 rings (SSSR count). The summed E-state index contributed by atoms with van der Waals surface area (Å²) in [7, 11) is 1.35. The van der Waals surface area contributed by atoms with Crippen LogP contribution in [0.3, 0.4) is 0 Å². The molecule has 0 spiro atoms. The number of hydrogen-bond acceptors (Lipinski definition) is 3. The van der Waals surface area contributed by atoms with Gasteiger partial charge in [0.2, 0.25) is 5.91 Å². The van der Waals surface area contributed by atoms with Crippen molar-refractivity contribution >= 4 is 33.5 Å². The lowest BCUT2D eigenvalue weighted by atomic mass is 10.1. The molecule has 19 heavy (non-hydrogen) atoms. The van der Waals surface area contributed by atoms with E-state index >= 15 is 0 Å². The van der Waals surface area contributed by atoms with E-state index in [0.29, 0.717) is 6.54 Å². The number of rotatable bonds is 2. The molecule has 0 N–H and O–H groups in total. The number of halogens is 1. The molecule has 0 saturated carbocycles. The number of ether oxygens (including phenoxy) is 1. The lowest BCUT2D eigenvalue weighted by Gasteiger charge is -2.20. The van der Waals surface area contributed by atoms with Gasteiger partial charge in [-0.1, -0.05) is 15.9 Å². The average molecular weight is 326 g/mol. The molecule has 102 valence electrons. The van der Waals surface area contributed by atoms with Crippen molar-refractivity contribution in [1.82, 2.24) is 0 Å². The van der Waals surface area contributed by atoms with Crippen molar-refractivity contribution in [3.05, 3.63) is 27.7 Å². The Morgan fingerprint density at radius 3 is 2.68 bits per heavy atom. The van der Waals surface area contributed by atoms with E-state index < -0.39 is 0 Å². The lowest BCUT2D eigenvalue weighted by Crippen LogP contribution is -2.27. The van der Waals surface area contributed by atoms with Crippen LogP contribution in [-0.4, -0.2) is 25.5 Å². The predicted octanol–water partition coefficient (Wildman–Crippen LogP) is 2.59. The summed E-state index contributed by atoms with van der Waals surface area (Å²) in [6.07, 6.45) is 0.223. The quantitative estimate of drug-likeness (QED) is 0.785. The maximum atomic E-state index is 12.1. The van der Waals surface area contributed by atoms with Gasteiger partial charge in [0.15, 0.2) is 0 Å². The Kier molecular flexibility index (Phi) is 3.94. The Morgan fingerprint density at radius 1 is 1.37 bits per heavy atom. The van der Waals surface area contributed by atoms with Crippen molar-refractivity contribution in [3.8, 4) is 0 Å². The molecule has 1 fully saturated rings. The standard InChI is InChI=1S/C14H16BrNO3/c1-8-9(2)12(5-4-11(8)15)16-7-10(6-13(16)17)14(18)19-3/h4-5,10H,6-7H2,1-3H3. The SMILES string of the molecule is COC(=O)C1CC(=O)N(c2ccc(Br)c(C)c2C)C1. The zero-order valence-electron chi connectivity index (χ0n) is 11.2. The first kappa shape index (κ1) is 14.1. The number of methoxy groups -OCH3 is 1. The molecule has 0 bridgehead atoms. The average Bonchev–Trinajstić information content (AvgIpc) is 2.77. The normalized spacial score (nSPS) is 18.8. The van der Waals surface area contributed by atoms with Gasteiger partial charge in [-0.2, -0.15) is 0 Å². The van der Waals surface area contributed by atoms with Crippen LogP contribution in [0.5, 0.6) is 0 Å². The monoisotopic (exact) mass is 325 g/mol. The Labute approximate surface area is 120 Å². The molecule has 0 aliphatic carbocycles. The minimum atomic E-state index is -0.360. The highest BCUT2D eigenvalue weighted by Crippen LogP contribution is 2.32. The van der Waals surface area contributed by atoms with Gasteiger partial charge in [-0.3, -0.25) is 9.59 Å². The van der Waals surface area contributed by atoms with Gasteiger partial charge in [-0.15, -0.1) is 0 Å². The Hall–Kier alpha value is -1.36. The van der Waals surface area contributed by atoms with E-state index in [9.17, 15) is 9.59 Å². The van der Waals surface area contributed by atoms with Crippen LogP contribution in [0.2, 0.25) is 0 Å². The second-order valence-electron chi connectivity index (χ2n) is 4.75. The zero-order valence-corrected chi connectivity index (χ0v) is 12.8. The Balaban J connectivity index is 2.31. The van der Waals surface area contributed by atoms with Crippen molar-refractivity contribution < 1.29 is 14.3 Å². The molecule has 1 heterocycles. The molecule has 4 nitrogen and oxygen atoms in total. The highest BCUT2D eigenvalue weighted by atomic mass is 79.9. The lowest BCUT2D eigenvalue weighted by molar-refractivity contribution is -0.145. The van der Waals surface area contributed by atoms with Gasteiger partial charge in [0, 0.05) is 23.1 Å². The number of carbonyl (C=O) groups excluding carboxylic acids is 2. The summed E-state index contributed by atoms with van der Waals surface area (Å²) in [6.45, 7) is 4.38.